The average Bonchev–Trinajstić information content (AvgIpc) is 0.787. The molecule has 0 saturated heterocycles. The third-order valence-electron chi connectivity index (χ3n) is 15.6. The van der Waals surface area contributed by atoms with Crippen molar-refractivity contribution in [2.75, 3.05) is 13.3 Å². The third-order valence-corrected chi connectivity index (χ3v) is 16.9. The Kier molecular flexibility index (Phi) is 25.9. The van der Waals surface area contributed by atoms with Gasteiger partial charge in [0.1, 0.15) is 17.5 Å². The zero-order valence-corrected chi connectivity index (χ0v) is 56.2. The topological polar surface area (TPSA) is 7.45 Å². The Morgan fingerprint density at radius 3 is 0.827 bits per heavy atom. The Bertz CT molecular complexity index is 3490. The summed E-state index contributed by atoms with van der Waals surface area (Å²) in [5, 5.41) is 1.48. The van der Waals surface area contributed by atoms with Crippen molar-refractivity contribution in [3.05, 3.63) is 243 Å². The third kappa shape index (κ3) is 20.7. The minimum absolute atomic E-state index is 0. The molecule has 0 fully saturated rings. The monoisotopic (exact) mass is 1610 g/mol. The van der Waals surface area contributed by atoms with E-state index in [1.807, 2.05) is 0 Å². The molecule has 98 heavy (non-hydrogen) atoms. The molecule has 2 nitrogen and oxygen atoms in total. The molecule has 0 aromatic heterocycles. The van der Waals surface area contributed by atoms with Crippen molar-refractivity contribution in [1.82, 2.24) is 0 Å². The van der Waals surface area contributed by atoms with Crippen molar-refractivity contribution >= 4 is 58.8 Å². The summed E-state index contributed by atoms with van der Waals surface area (Å²) in [6.07, 6.45) is -38.6. The van der Waals surface area contributed by atoms with E-state index in [0.29, 0.717) is 0 Å². The summed E-state index contributed by atoms with van der Waals surface area (Å²) in [5.41, 5.74) is -19.6. The molecule has 0 amide bonds. The van der Waals surface area contributed by atoms with Crippen molar-refractivity contribution in [3.63, 3.8) is 0 Å². The van der Waals surface area contributed by atoms with Crippen LogP contribution in [0.5, 0.6) is 0 Å². The molecule has 0 spiro atoms. The van der Waals surface area contributed by atoms with Crippen molar-refractivity contribution in [3.8, 4) is 0 Å². The molecule has 1 unspecified atom stereocenters. The Hall–Kier alpha value is -7.15. The van der Waals surface area contributed by atoms with Crippen molar-refractivity contribution < 1.29 is 135 Å². The number of quaternary nitrogens is 1. The maximum atomic E-state index is 14.2. The molecule has 7 aromatic rings. The minimum atomic E-state index is -6.13. The molecule has 7 aromatic carbocycles. The van der Waals surface area contributed by atoms with Gasteiger partial charge >= 0.3 is 49.4 Å². The summed E-state index contributed by atoms with van der Waals surface area (Å²) in [7, 11) is 0.104. The number of hydrogen-bond donors (Lipinski definition) is 1. The predicted molar refractivity (Wildman–Crippen MR) is 328 cm³/mol. The van der Waals surface area contributed by atoms with Crippen LogP contribution in [-0.4, -0.2) is 30.3 Å². The smallest absolute Gasteiger partial charge is 0.387 e. The number of allylic oxidation sites excluding steroid dienone is 4. The summed E-state index contributed by atoms with van der Waals surface area (Å²) < 4.78 is 343. The predicted octanol–water partition coefficient (Wildman–Crippen LogP) is 19.7. The SMILES string of the molecule is C1=CCCC=CCC1.CP(C)c1ccccc1.Cc1cc(C)c([N+]2=C[CH-][NH+](c3c(C)cc(C)cc3C)[CH-]2)c(C)c1.FC(F)(F)c1cc([B-](c2cc(C(F)(F)F)cc(C(F)(F)F)c2)(c2cc(C(F)(F)F)cc(C(F)(F)F)c2)c2cc(C(F)(F)F)cc(C(F)(F)F)c2)cc(C(F)(F)F)c1.[Ir]. The Balaban J connectivity index is 0.000000338. The number of aryl methyl sites for hydroxylation is 6. The largest absolute Gasteiger partial charge is 0.416 e. The van der Waals surface area contributed by atoms with Crippen LogP contribution >= 0.6 is 7.92 Å². The molecule has 1 atom stereocenters. The van der Waals surface area contributed by atoms with Crippen molar-refractivity contribution in [2.24, 2.45) is 0 Å². The van der Waals surface area contributed by atoms with E-state index >= 15 is 0 Å². The molecule has 1 radical (unpaired) electrons. The maximum absolute atomic E-state index is 14.2. The molecular weight excluding hydrogens is 1550 g/mol. The number of hydrogen-bond acceptors (Lipinski definition) is 0. The molecule has 0 saturated carbocycles. The summed E-state index contributed by atoms with van der Waals surface area (Å²) >= 11 is 0. The van der Waals surface area contributed by atoms with Crippen molar-refractivity contribution in [2.45, 2.75) is 117 Å². The molecule has 1 aliphatic carbocycles. The first-order valence-corrected chi connectivity index (χ1v) is 31.4. The van der Waals surface area contributed by atoms with Crippen molar-refractivity contribution in [1.29, 1.82) is 0 Å². The minimum Gasteiger partial charge on any atom is -0.387 e. The van der Waals surface area contributed by atoms with E-state index in [9.17, 15) is 105 Å². The van der Waals surface area contributed by atoms with Gasteiger partial charge in [0.25, 0.3) is 0 Å². The number of alkyl halides is 24. The second kappa shape index (κ2) is 31.2. The number of benzene rings is 7. The van der Waals surface area contributed by atoms with Crippen LogP contribution in [0, 0.1) is 54.8 Å². The second-order valence-corrected chi connectivity index (χ2v) is 25.7. The molecule has 9 rings (SSSR count). The van der Waals surface area contributed by atoms with Crippen LogP contribution < -0.4 is 32.1 Å². The Labute approximate surface area is 564 Å². The van der Waals surface area contributed by atoms with E-state index < -0.39 is 195 Å². The van der Waals surface area contributed by atoms with Gasteiger partial charge in [-0.3, -0.25) is 0 Å². The Morgan fingerprint density at radius 2 is 0.602 bits per heavy atom. The van der Waals surface area contributed by atoms with E-state index in [2.05, 4.69) is 158 Å². The average molecular weight is 1610 g/mol. The number of nitrogens with zero attached hydrogens (tertiary/aromatic N) is 1. The first kappa shape index (κ1) is 81.5. The normalized spacial score (nSPS) is 14.8. The van der Waals surface area contributed by atoms with Gasteiger partial charge < -0.3 is 9.48 Å². The van der Waals surface area contributed by atoms with Crippen LogP contribution in [0.4, 0.5) is 117 Å². The molecule has 1 N–H and O–H groups in total. The van der Waals surface area contributed by atoms with Crippen LogP contribution in [0.25, 0.3) is 0 Å². The van der Waals surface area contributed by atoms with Gasteiger partial charge in [0.15, 0.2) is 0 Å². The molecule has 1 heterocycles. The van der Waals surface area contributed by atoms with Gasteiger partial charge in [-0.15, -0.1) is 0 Å². The fraction of sp³-hybridized carbons (Fsp3) is 0.290. The van der Waals surface area contributed by atoms with Crippen LogP contribution in [0.2, 0.25) is 0 Å². The van der Waals surface area contributed by atoms with Crippen LogP contribution in [0.3, 0.4) is 0 Å². The quantitative estimate of drug-likeness (QED) is 0.0406. The summed E-state index contributed by atoms with van der Waals surface area (Å²) in [4.78, 5) is 1.29. The summed E-state index contributed by atoms with van der Waals surface area (Å²) in [6, 6.07) is 10.9. The van der Waals surface area contributed by atoms with E-state index in [1.54, 1.807) is 0 Å². The van der Waals surface area contributed by atoms with Gasteiger partial charge in [-0.2, -0.15) is 134 Å². The molecule has 533 valence electrons. The fourth-order valence-corrected chi connectivity index (χ4v) is 12.3. The summed E-state index contributed by atoms with van der Waals surface area (Å²) in [6.45, 7) is 22.1. The van der Waals surface area contributed by atoms with E-state index in [1.165, 1.54) is 80.6 Å². The van der Waals surface area contributed by atoms with Gasteiger partial charge in [0, 0.05) is 31.2 Å². The number of rotatable bonds is 7. The molecule has 29 heteroatoms. The van der Waals surface area contributed by atoms with Gasteiger partial charge in [-0.25, -0.2) is 0 Å². The van der Waals surface area contributed by atoms with E-state index in [4.69, 9.17) is 0 Å². The van der Waals surface area contributed by atoms with Crippen LogP contribution in [0.15, 0.2) is 152 Å². The van der Waals surface area contributed by atoms with Crippen LogP contribution in [0.1, 0.15) is 104 Å². The van der Waals surface area contributed by atoms with Gasteiger partial charge in [0.05, 0.1) is 44.5 Å². The van der Waals surface area contributed by atoms with Gasteiger partial charge in [-0.05, 0) is 127 Å². The molecule has 0 bridgehead atoms. The number of halogens is 24. The van der Waals surface area contributed by atoms with Crippen LogP contribution in [-0.2, 0) is 69.5 Å². The number of nitrogens with one attached hydrogen (secondary N) is 1. The maximum Gasteiger partial charge on any atom is 0.416 e. The summed E-state index contributed by atoms with van der Waals surface area (Å²) in [5.74, 6) is 0. The van der Waals surface area contributed by atoms with Gasteiger partial charge in [0.2, 0.25) is 6.67 Å². The molecule has 1 aliphatic heterocycles. The Morgan fingerprint density at radius 1 is 0.357 bits per heavy atom. The molecule has 2 aliphatic rings. The zero-order chi connectivity index (χ0) is 73.0. The van der Waals surface area contributed by atoms with E-state index in [0.717, 1.165) is 0 Å². The standard InChI is InChI=1S/C32H12BF24.C21H26N2.C8H11P.C8H12.Ir/c34-25(35,36)13-1-14(26(37,38)39)6-21(5-13)33(22-7-15(27(40,41)42)2-16(8-22)28(43,44)45,23-9-17(29(46,47)48)3-18(10-23)30(49,50)51)24-11-19(31(52,53)54)4-20(12-24)32(55,56)57;1-14-9-16(3)20(17(4)10-14)22-7-8-23(13-22)21-18(5)11-15(2)12-19(21)6;1-9(2)8-6-4-3-5-7-8;1-2-4-6-8-7-5-3-1;/h1-12H;7-13,22H,1-6H3;3-7H,1-2H3;1-2,7-8H,3-6H2;/q-1;;;;. The fourth-order valence-electron chi connectivity index (χ4n) is 11.6. The van der Waals surface area contributed by atoms with Gasteiger partial charge in [-0.1, -0.05) is 146 Å². The second-order valence-electron chi connectivity index (χ2n) is 23.4. The zero-order valence-electron chi connectivity index (χ0n) is 52.9. The van der Waals surface area contributed by atoms with E-state index in [-0.39, 0.29) is 28.0 Å². The molecular formula is C69H61BF24IrN2P-. The first-order valence-electron chi connectivity index (χ1n) is 29.2. The first-order chi connectivity index (χ1) is 44.4.